The first kappa shape index (κ1) is 20.8. The summed E-state index contributed by atoms with van der Waals surface area (Å²) in [5.74, 6) is 0.350. The highest BCUT2D eigenvalue weighted by atomic mass is 16.3. The molecule has 8 heteroatoms. The molecule has 1 saturated carbocycles. The first-order chi connectivity index (χ1) is 16.3. The number of hydrogen-bond donors (Lipinski definition) is 2. The Labute approximate surface area is 198 Å². The van der Waals surface area contributed by atoms with Crippen molar-refractivity contribution in [3.05, 3.63) is 56.2 Å². The van der Waals surface area contributed by atoms with Crippen LogP contribution in [0.15, 0.2) is 33.9 Å². The van der Waals surface area contributed by atoms with Crippen LogP contribution in [-0.4, -0.2) is 55.5 Å². The van der Waals surface area contributed by atoms with E-state index in [1.165, 1.54) is 29.9 Å². The quantitative estimate of drug-likeness (QED) is 0.691. The molecular weight excluding hydrogens is 432 g/mol. The van der Waals surface area contributed by atoms with Crippen LogP contribution in [0.2, 0.25) is 0 Å². The van der Waals surface area contributed by atoms with Crippen LogP contribution in [0.25, 0.3) is 0 Å². The minimum Gasteiger partial charge on any atom is -0.494 e. The van der Waals surface area contributed by atoms with Gasteiger partial charge in [0.2, 0.25) is 5.88 Å². The molecule has 0 radical (unpaired) electrons. The summed E-state index contributed by atoms with van der Waals surface area (Å²) < 4.78 is 2.31. The third kappa shape index (κ3) is 1.98. The van der Waals surface area contributed by atoms with Crippen molar-refractivity contribution in [1.82, 2.24) is 14.0 Å². The fraction of sp³-hybridized carbons (Fsp3) is 0.615. The molecule has 10 atom stereocenters. The van der Waals surface area contributed by atoms with Gasteiger partial charge in [-0.15, -0.1) is 0 Å². The van der Waals surface area contributed by atoms with Gasteiger partial charge in [-0.25, -0.2) is 4.79 Å². The molecule has 5 bridgehead atoms. The van der Waals surface area contributed by atoms with E-state index < -0.39 is 17.4 Å². The molecule has 2 aromatic rings. The number of aliphatic hydroxyl groups excluding tert-OH is 1. The number of aromatic nitrogens is 2. The number of hydrogen-bond acceptors (Lipinski definition) is 6. The van der Waals surface area contributed by atoms with Crippen LogP contribution < -0.4 is 16.1 Å². The van der Waals surface area contributed by atoms with Gasteiger partial charge in [-0.3, -0.25) is 18.8 Å². The summed E-state index contributed by atoms with van der Waals surface area (Å²) in [4.78, 5) is 30.8. The molecule has 8 rings (SSSR count). The number of nitrogens with zero attached hydrogens (tertiary/aromatic N) is 4. The number of likely N-dealkylation sites (N-methyl/N-ethyl adjacent to an activating group) is 1. The van der Waals surface area contributed by atoms with Crippen LogP contribution >= 0.6 is 0 Å². The lowest BCUT2D eigenvalue weighted by atomic mass is 9.59. The average molecular weight is 465 g/mol. The van der Waals surface area contributed by atoms with Gasteiger partial charge in [-0.2, -0.15) is 0 Å². The Bertz CT molecular complexity index is 1350. The topological polar surface area (TPSA) is 90.9 Å². The molecule has 1 aliphatic carbocycles. The van der Waals surface area contributed by atoms with E-state index in [4.69, 9.17) is 0 Å². The number of anilines is 1. The molecule has 34 heavy (non-hydrogen) atoms. The second-order valence-electron chi connectivity index (χ2n) is 11.3. The highest BCUT2D eigenvalue weighted by molar-refractivity contribution is 5.67. The van der Waals surface area contributed by atoms with Crippen molar-refractivity contribution < 1.29 is 10.2 Å². The summed E-state index contributed by atoms with van der Waals surface area (Å²) in [5, 5.41) is 23.1. The Balaban J connectivity index is 1.47. The highest BCUT2D eigenvalue weighted by Crippen LogP contribution is 2.71. The lowest BCUT2D eigenvalue weighted by molar-refractivity contribution is -0.143. The normalized spacial score (nSPS) is 42.9. The van der Waals surface area contributed by atoms with Crippen molar-refractivity contribution in [3.63, 3.8) is 0 Å². The van der Waals surface area contributed by atoms with E-state index in [1.54, 1.807) is 0 Å². The van der Waals surface area contributed by atoms with E-state index in [0.29, 0.717) is 5.56 Å². The molecule has 6 heterocycles. The Morgan fingerprint density at radius 1 is 1.09 bits per heavy atom. The van der Waals surface area contributed by atoms with Gasteiger partial charge in [-0.05, 0) is 36.3 Å². The Kier molecular flexibility index (Phi) is 3.87. The highest BCUT2D eigenvalue weighted by Gasteiger charge is 2.76. The third-order valence-electron chi connectivity index (χ3n) is 10.5. The smallest absolute Gasteiger partial charge is 0.333 e. The molecule has 180 valence electrons. The molecule has 5 aliphatic heterocycles. The molecule has 1 unspecified atom stereocenters. The van der Waals surface area contributed by atoms with Gasteiger partial charge in [-0.1, -0.05) is 31.5 Å². The SMILES string of the molecule is CC[C@@H]1[C@H]2C[C@H]3[C@@H]4N(C)c5ccccc5[C@]45C[C@@H]([C@H]2[C@H]5O)N3[C@H]1c1c(O)n(C)c(=O)n(C)c1=O. The molecule has 8 nitrogen and oxygen atoms in total. The molecule has 5 fully saturated rings. The summed E-state index contributed by atoms with van der Waals surface area (Å²) in [7, 11) is 5.15. The predicted molar refractivity (Wildman–Crippen MR) is 127 cm³/mol. The fourth-order valence-electron chi connectivity index (χ4n) is 9.41. The van der Waals surface area contributed by atoms with Crippen LogP contribution in [0.4, 0.5) is 5.69 Å². The van der Waals surface area contributed by atoms with Crippen LogP contribution in [-0.2, 0) is 19.5 Å². The van der Waals surface area contributed by atoms with Crippen molar-refractivity contribution >= 4 is 5.69 Å². The summed E-state index contributed by atoms with van der Waals surface area (Å²) in [6, 6.07) is 8.68. The zero-order valence-electron chi connectivity index (χ0n) is 20.0. The Morgan fingerprint density at radius 3 is 2.56 bits per heavy atom. The first-order valence-electron chi connectivity index (χ1n) is 12.5. The van der Waals surface area contributed by atoms with Crippen molar-refractivity contribution in [2.45, 2.75) is 61.9 Å². The first-order valence-corrected chi connectivity index (χ1v) is 12.5. The van der Waals surface area contributed by atoms with Gasteiger partial charge in [0.1, 0.15) is 0 Å². The number of benzene rings is 1. The molecule has 1 aromatic carbocycles. The van der Waals surface area contributed by atoms with Gasteiger partial charge in [0.15, 0.2) is 0 Å². The van der Waals surface area contributed by atoms with Gasteiger partial charge >= 0.3 is 5.69 Å². The van der Waals surface area contributed by atoms with Crippen molar-refractivity contribution in [1.29, 1.82) is 0 Å². The summed E-state index contributed by atoms with van der Waals surface area (Å²) in [6.45, 7) is 2.14. The number of piperidine rings is 4. The van der Waals surface area contributed by atoms with Crippen LogP contribution in [0.1, 0.15) is 43.4 Å². The zero-order chi connectivity index (χ0) is 23.8. The standard InChI is InChI=1S/C26H32N4O4/c1-5-12-13-10-16-21-26(14-8-6-7-9-15(14)27(21)2)11-17(18(13)22(26)31)30(16)20(12)19-23(32)28(3)25(34)29(4)24(19)33/h6-9,12-13,16-18,20-22,31-32H,5,10-11H2,1-4H3/t12-,13-,16+,17+,18+,20-,21+,22-,26-/m1/s1. The predicted octanol–water partition coefficient (Wildman–Crippen LogP) is 1.08. The van der Waals surface area contributed by atoms with Crippen LogP contribution in [0, 0.1) is 17.8 Å². The maximum atomic E-state index is 13.4. The van der Waals surface area contributed by atoms with E-state index in [2.05, 4.69) is 48.0 Å². The van der Waals surface area contributed by atoms with Gasteiger partial charge in [0.05, 0.1) is 17.7 Å². The molecule has 1 spiro atoms. The van der Waals surface area contributed by atoms with Gasteiger partial charge in [0.25, 0.3) is 5.56 Å². The number of rotatable bonds is 2. The van der Waals surface area contributed by atoms with Gasteiger partial charge < -0.3 is 15.1 Å². The van der Waals surface area contributed by atoms with E-state index in [-0.39, 0.29) is 53.2 Å². The molecular formula is C26H32N4O4. The Hall–Kier alpha value is -2.58. The number of aromatic hydroxyl groups is 1. The fourth-order valence-corrected chi connectivity index (χ4v) is 9.41. The maximum Gasteiger partial charge on any atom is 0.333 e. The second-order valence-corrected chi connectivity index (χ2v) is 11.3. The molecule has 6 aliphatic rings. The maximum absolute atomic E-state index is 13.4. The van der Waals surface area contributed by atoms with Crippen LogP contribution in [0.3, 0.4) is 0 Å². The zero-order valence-corrected chi connectivity index (χ0v) is 20.0. The largest absolute Gasteiger partial charge is 0.494 e. The third-order valence-corrected chi connectivity index (χ3v) is 10.5. The van der Waals surface area contributed by atoms with Crippen molar-refractivity contribution in [2.24, 2.45) is 31.8 Å². The Morgan fingerprint density at radius 2 is 1.82 bits per heavy atom. The van der Waals surface area contributed by atoms with Crippen LogP contribution in [0.5, 0.6) is 5.88 Å². The minimum absolute atomic E-state index is 0.116. The summed E-state index contributed by atoms with van der Waals surface area (Å²) in [5.41, 5.74) is 1.59. The average Bonchev–Trinajstić information content (AvgIpc) is 3.23. The van der Waals surface area contributed by atoms with E-state index in [0.717, 1.165) is 23.8 Å². The summed E-state index contributed by atoms with van der Waals surface area (Å²) in [6.07, 6.45) is 2.27. The molecule has 2 N–H and O–H groups in total. The van der Waals surface area contributed by atoms with E-state index in [9.17, 15) is 19.8 Å². The monoisotopic (exact) mass is 464 g/mol. The molecule has 4 saturated heterocycles. The molecule has 1 aromatic heterocycles. The van der Waals surface area contributed by atoms with E-state index >= 15 is 0 Å². The lowest BCUT2D eigenvalue weighted by Crippen LogP contribution is -2.70. The number of para-hydroxylation sites is 1. The van der Waals surface area contributed by atoms with Crippen molar-refractivity contribution in [3.8, 4) is 5.88 Å². The number of fused-ring (bicyclic) bond motifs is 2. The van der Waals surface area contributed by atoms with Crippen molar-refractivity contribution in [2.75, 3.05) is 11.9 Å². The minimum atomic E-state index is -0.516. The van der Waals surface area contributed by atoms with E-state index in [1.807, 2.05) is 0 Å². The van der Waals surface area contributed by atoms with Gasteiger partial charge in [0, 0.05) is 56.3 Å². The lowest BCUT2D eigenvalue weighted by Gasteiger charge is -2.64. The molecule has 0 amide bonds. The summed E-state index contributed by atoms with van der Waals surface area (Å²) >= 11 is 0. The number of aliphatic hydroxyl groups is 1. The second kappa shape index (κ2) is 6.34.